The maximum atomic E-state index is 12.5. The van der Waals surface area contributed by atoms with Crippen LogP contribution in [0.15, 0.2) is 29.2 Å². The summed E-state index contributed by atoms with van der Waals surface area (Å²) >= 11 is 0. The number of ketones is 1. The van der Waals surface area contributed by atoms with Gasteiger partial charge in [0.15, 0.2) is 17.3 Å². The van der Waals surface area contributed by atoms with E-state index in [9.17, 15) is 13.2 Å². The van der Waals surface area contributed by atoms with Gasteiger partial charge in [-0.25, -0.2) is 13.1 Å². The van der Waals surface area contributed by atoms with E-state index in [1.54, 1.807) is 12.1 Å². The third-order valence-corrected chi connectivity index (χ3v) is 4.43. The third-order valence-electron chi connectivity index (χ3n) is 3.08. The molecule has 0 unspecified atom stereocenters. The molecule has 0 amide bonds. The lowest BCUT2D eigenvalue weighted by Crippen LogP contribution is -2.19. The number of sulfonamides is 1. The molecular weight excluding hydrogens is 304 g/mol. The second kappa shape index (κ2) is 5.88. The van der Waals surface area contributed by atoms with Crippen LogP contribution in [0.2, 0.25) is 0 Å². The molecule has 22 heavy (non-hydrogen) atoms. The van der Waals surface area contributed by atoms with Crippen LogP contribution in [0.1, 0.15) is 42.9 Å². The summed E-state index contributed by atoms with van der Waals surface area (Å²) in [7, 11) is -3.82. The predicted octanol–water partition coefficient (Wildman–Crippen LogP) is 2.17. The SMILES string of the molecule is CC(=O)c1nnn(C(C)C)c1NS(=O)(=O)c1ccc(C)cc1. The third kappa shape index (κ3) is 3.16. The number of Topliss-reactive ketones (excluding diaryl/α,β-unsaturated/α-hetero) is 1. The number of carbonyl (C=O) groups is 1. The number of aromatic nitrogens is 3. The number of carbonyl (C=O) groups excluding carboxylic acids is 1. The highest BCUT2D eigenvalue weighted by Crippen LogP contribution is 2.22. The lowest BCUT2D eigenvalue weighted by atomic mass is 10.2. The van der Waals surface area contributed by atoms with E-state index >= 15 is 0 Å². The highest BCUT2D eigenvalue weighted by atomic mass is 32.2. The van der Waals surface area contributed by atoms with Crippen molar-refractivity contribution in [3.8, 4) is 0 Å². The summed E-state index contributed by atoms with van der Waals surface area (Å²) in [6, 6.07) is 6.29. The zero-order chi connectivity index (χ0) is 16.5. The second-order valence-corrected chi connectivity index (χ2v) is 6.98. The molecule has 0 saturated heterocycles. The van der Waals surface area contributed by atoms with Gasteiger partial charge in [-0.2, -0.15) is 0 Å². The summed E-state index contributed by atoms with van der Waals surface area (Å²) < 4.78 is 28.7. The van der Waals surface area contributed by atoms with Crippen molar-refractivity contribution in [3.63, 3.8) is 0 Å². The van der Waals surface area contributed by atoms with Crippen LogP contribution in [0.4, 0.5) is 5.82 Å². The van der Waals surface area contributed by atoms with Crippen LogP contribution >= 0.6 is 0 Å². The Morgan fingerprint density at radius 1 is 1.23 bits per heavy atom. The molecular formula is C14H18N4O3S. The van der Waals surface area contributed by atoms with E-state index in [-0.39, 0.29) is 28.2 Å². The summed E-state index contributed by atoms with van der Waals surface area (Å²) in [5.41, 5.74) is 0.960. The van der Waals surface area contributed by atoms with Crippen molar-refractivity contribution in [2.45, 2.75) is 38.6 Å². The standard InChI is InChI=1S/C14H18N4O3S/c1-9(2)18-14(13(11(4)19)15-17-18)16-22(20,21)12-7-5-10(3)6-8-12/h5-9,16H,1-4H3. The van der Waals surface area contributed by atoms with Crippen molar-refractivity contribution < 1.29 is 13.2 Å². The van der Waals surface area contributed by atoms with Crippen molar-refractivity contribution in [2.75, 3.05) is 4.72 Å². The number of nitrogens with one attached hydrogen (secondary N) is 1. The molecule has 0 aliphatic carbocycles. The molecule has 1 aromatic carbocycles. The van der Waals surface area contributed by atoms with Crippen molar-refractivity contribution in [3.05, 3.63) is 35.5 Å². The van der Waals surface area contributed by atoms with Gasteiger partial charge in [-0.3, -0.25) is 9.52 Å². The molecule has 0 atom stereocenters. The molecule has 7 nitrogen and oxygen atoms in total. The molecule has 0 saturated carbocycles. The van der Waals surface area contributed by atoms with E-state index < -0.39 is 10.0 Å². The topological polar surface area (TPSA) is 93.9 Å². The van der Waals surface area contributed by atoms with Crippen molar-refractivity contribution in [1.82, 2.24) is 15.0 Å². The largest absolute Gasteiger partial charge is 0.293 e. The van der Waals surface area contributed by atoms with Crippen LogP contribution in [0, 0.1) is 6.92 Å². The maximum absolute atomic E-state index is 12.5. The number of benzene rings is 1. The number of hydrogen-bond donors (Lipinski definition) is 1. The van der Waals surface area contributed by atoms with Crippen molar-refractivity contribution >= 4 is 21.6 Å². The van der Waals surface area contributed by atoms with Gasteiger partial charge in [0.1, 0.15) is 0 Å². The van der Waals surface area contributed by atoms with E-state index in [0.717, 1.165) is 5.56 Å². The number of rotatable bonds is 5. The number of hydrogen-bond acceptors (Lipinski definition) is 5. The Balaban J connectivity index is 2.47. The van der Waals surface area contributed by atoms with Gasteiger partial charge in [0.25, 0.3) is 10.0 Å². The summed E-state index contributed by atoms with van der Waals surface area (Å²) in [4.78, 5) is 11.7. The Bertz CT molecular complexity index is 792. The van der Waals surface area contributed by atoms with Gasteiger partial charge < -0.3 is 0 Å². The fourth-order valence-electron chi connectivity index (χ4n) is 1.89. The Morgan fingerprint density at radius 3 is 2.32 bits per heavy atom. The van der Waals surface area contributed by atoms with Crippen molar-refractivity contribution in [2.24, 2.45) is 0 Å². The summed E-state index contributed by atoms with van der Waals surface area (Å²) in [5.74, 6) is -0.267. The van der Waals surface area contributed by atoms with Crippen LogP contribution in [-0.4, -0.2) is 29.2 Å². The lowest BCUT2D eigenvalue weighted by Gasteiger charge is -2.13. The monoisotopic (exact) mass is 322 g/mol. The van der Waals surface area contributed by atoms with Gasteiger partial charge in [0.2, 0.25) is 0 Å². The van der Waals surface area contributed by atoms with E-state index in [1.165, 1.54) is 23.7 Å². The molecule has 118 valence electrons. The van der Waals surface area contributed by atoms with E-state index in [0.29, 0.717) is 0 Å². The molecule has 2 aromatic rings. The van der Waals surface area contributed by atoms with Crippen LogP contribution in [-0.2, 0) is 10.0 Å². The van der Waals surface area contributed by atoms with Gasteiger partial charge >= 0.3 is 0 Å². The first kappa shape index (κ1) is 16.2. The first-order valence-corrected chi connectivity index (χ1v) is 8.26. The Labute approximate surface area is 129 Å². The minimum Gasteiger partial charge on any atom is -0.293 e. The predicted molar refractivity (Wildman–Crippen MR) is 82.4 cm³/mol. The zero-order valence-corrected chi connectivity index (χ0v) is 13.7. The first-order valence-electron chi connectivity index (χ1n) is 6.78. The van der Waals surface area contributed by atoms with Gasteiger partial charge in [-0.15, -0.1) is 5.10 Å². The van der Waals surface area contributed by atoms with E-state index in [4.69, 9.17) is 0 Å². The maximum Gasteiger partial charge on any atom is 0.263 e. The van der Waals surface area contributed by atoms with Gasteiger partial charge in [-0.1, -0.05) is 22.9 Å². The fraction of sp³-hybridized carbons (Fsp3) is 0.357. The summed E-state index contributed by atoms with van der Waals surface area (Å²) in [6.45, 7) is 6.83. The minimum atomic E-state index is -3.82. The van der Waals surface area contributed by atoms with Crippen LogP contribution in [0.3, 0.4) is 0 Å². The highest BCUT2D eigenvalue weighted by Gasteiger charge is 2.24. The molecule has 2 rings (SSSR count). The number of anilines is 1. The van der Waals surface area contributed by atoms with Crippen LogP contribution in [0.25, 0.3) is 0 Å². The van der Waals surface area contributed by atoms with Gasteiger partial charge in [-0.05, 0) is 32.9 Å². The zero-order valence-electron chi connectivity index (χ0n) is 12.9. The molecule has 0 spiro atoms. The molecule has 0 aliphatic heterocycles. The molecule has 1 N–H and O–H groups in total. The normalized spacial score (nSPS) is 11.7. The fourth-order valence-corrected chi connectivity index (χ4v) is 2.95. The second-order valence-electron chi connectivity index (χ2n) is 5.30. The Morgan fingerprint density at radius 2 is 1.82 bits per heavy atom. The van der Waals surface area contributed by atoms with Crippen LogP contribution in [0.5, 0.6) is 0 Å². The minimum absolute atomic E-state index is 0.00406. The number of aryl methyl sites for hydroxylation is 1. The lowest BCUT2D eigenvalue weighted by molar-refractivity contribution is 0.101. The Hall–Kier alpha value is -2.22. The molecule has 1 aromatic heterocycles. The quantitative estimate of drug-likeness (QED) is 0.851. The Kier molecular flexibility index (Phi) is 4.32. The van der Waals surface area contributed by atoms with E-state index in [2.05, 4.69) is 15.0 Å². The summed E-state index contributed by atoms with van der Waals surface area (Å²) in [6.07, 6.45) is 0. The van der Waals surface area contributed by atoms with E-state index in [1.807, 2.05) is 20.8 Å². The molecule has 0 bridgehead atoms. The van der Waals surface area contributed by atoms with Crippen molar-refractivity contribution in [1.29, 1.82) is 0 Å². The first-order chi connectivity index (χ1) is 10.2. The summed E-state index contributed by atoms with van der Waals surface area (Å²) in [5, 5.41) is 7.61. The molecule has 0 radical (unpaired) electrons. The molecule has 8 heteroatoms. The molecule has 0 fully saturated rings. The molecule has 0 aliphatic rings. The molecule has 1 heterocycles. The average molecular weight is 322 g/mol. The average Bonchev–Trinajstić information content (AvgIpc) is 2.82. The van der Waals surface area contributed by atoms with Gasteiger partial charge in [0, 0.05) is 6.92 Å². The van der Waals surface area contributed by atoms with Crippen LogP contribution < -0.4 is 4.72 Å². The number of nitrogens with zero attached hydrogens (tertiary/aromatic N) is 3. The highest BCUT2D eigenvalue weighted by molar-refractivity contribution is 7.92. The van der Waals surface area contributed by atoms with Gasteiger partial charge in [0.05, 0.1) is 10.9 Å². The smallest absolute Gasteiger partial charge is 0.263 e.